The molecular formula is C17H19ClN4O2. The van der Waals surface area contributed by atoms with Gasteiger partial charge in [0.05, 0.1) is 23.8 Å². The first-order chi connectivity index (χ1) is 11.6. The number of halogens is 1. The second kappa shape index (κ2) is 7.51. The Morgan fingerprint density at radius 3 is 2.62 bits per heavy atom. The van der Waals surface area contributed by atoms with E-state index in [0.29, 0.717) is 22.9 Å². The summed E-state index contributed by atoms with van der Waals surface area (Å²) in [5.41, 5.74) is 7.81. The van der Waals surface area contributed by atoms with Gasteiger partial charge in [0.2, 0.25) is 5.91 Å². The number of morpholine rings is 1. The summed E-state index contributed by atoms with van der Waals surface area (Å²) in [4.78, 5) is 17.5. The first-order valence-electron chi connectivity index (χ1n) is 7.74. The van der Waals surface area contributed by atoms with Crippen molar-refractivity contribution in [2.45, 2.75) is 6.54 Å². The molecule has 126 valence electrons. The lowest BCUT2D eigenvalue weighted by atomic mass is 10.2. The highest BCUT2D eigenvalue weighted by molar-refractivity contribution is 6.33. The van der Waals surface area contributed by atoms with E-state index < -0.39 is 5.91 Å². The van der Waals surface area contributed by atoms with Gasteiger partial charge in [-0.25, -0.2) is 4.98 Å². The summed E-state index contributed by atoms with van der Waals surface area (Å²) in [6, 6.07) is 9.87. The van der Waals surface area contributed by atoms with Gasteiger partial charge in [0.25, 0.3) is 0 Å². The number of pyridine rings is 1. The van der Waals surface area contributed by atoms with Crippen LogP contribution in [0.5, 0.6) is 0 Å². The van der Waals surface area contributed by atoms with Gasteiger partial charge in [-0.15, -0.1) is 0 Å². The fraction of sp³-hybridized carbons (Fsp3) is 0.294. The molecule has 0 spiro atoms. The van der Waals surface area contributed by atoms with E-state index in [1.54, 1.807) is 0 Å². The van der Waals surface area contributed by atoms with Crippen molar-refractivity contribution in [2.75, 3.05) is 36.5 Å². The third-order valence-corrected chi connectivity index (χ3v) is 4.19. The number of rotatable bonds is 5. The fourth-order valence-electron chi connectivity index (χ4n) is 2.53. The van der Waals surface area contributed by atoms with Crippen LogP contribution < -0.4 is 16.0 Å². The molecule has 1 aromatic carbocycles. The van der Waals surface area contributed by atoms with Crippen LogP contribution in [0.3, 0.4) is 0 Å². The highest BCUT2D eigenvalue weighted by Crippen LogP contribution is 2.21. The number of primary amides is 1. The van der Waals surface area contributed by atoms with E-state index in [1.807, 2.05) is 0 Å². The predicted octanol–water partition coefficient (Wildman–Crippen LogP) is 2.28. The number of aromatic nitrogens is 1. The molecule has 0 saturated carbocycles. The van der Waals surface area contributed by atoms with Crippen LogP contribution in [-0.4, -0.2) is 37.2 Å². The first-order valence-corrected chi connectivity index (χ1v) is 8.12. The van der Waals surface area contributed by atoms with Crippen molar-refractivity contribution in [3.05, 3.63) is 52.7 Å². The number of nitrogens with two attached hydrogens (primary N) is 1. The summed E-state index contributed by atoms with van der Waals surface area (Å²) in [6.07, 6.45) is 1.41. The minimum absolute atomic E-state index is 0.292. The Morgan fingerprint density at radius 2 is 2.00 bits per heavy atom. The van der Waals surface area contributed by atoms with Crippen molar-refractivity contribution in [3.8, 4) is 0 Å². The third-order valence-electron chi connectivity index (χ3n) is 3.90. The van der Waals surface area contributed by atoms with Gasteiger partial charge in [-0.05, 0) is 23.8 Å². The van der Waals surface area contributed by atoms with Crippen LogP contribution in [0.2, 0.25) is 5.02 Å². The lowest BCUT2D eigenvalue weighted by Gasteiger charge is -2.28. The van der Waals surface area contributed by atoms with Crippen molar-refractivity contribution in [3.63, 3.8) is 0 Å². The molecule has 6 nitrogen and oxygen atoms in total. The SMILES string of the molecule is NC(=O)c1cnc(NCc2ccc(N3CCOCC3)cc2)c(Cl)c1. The van der Waals surface area contributed by atoms with Crippen molar-refractivity contribution in [2.24, 2.45) is 5.73 Å². The molecule has 1 aliphatic rings. The molecule has 1 amide bonds. The number of carbonyl (C=O) groups excluding carboxylic acids is 1. The smallest absolute Gasteiger partial charge is 0.250 e. The third kappa shape index (κ3) is 3.96. The Hall–Kier alpha value is -2.31. The largest absolute Gasteiger partial charge is 0.378 e. The Bertz CT molecular complexity index is 715. The van der Waals surface area contributed by atoms with E-state index in [-0.39, 0.29) is 0 Å². The average molecular weight is 347 g/mol. The van der Waals surface area contributed by atoms with Crippen LogP contribution in [0.25, 0.3) is 0 Å². The van der Waals surface area contributed by atoms with Crippen LogP contribution in [0.1, 0.15) is 15.9 Å². The van der Waals surface area contributed by atoms with E-state index in [9.17, 15) is 4.79 Å². The van der Waals surface area contributed by atoms with Gasteiger partial charge in [-0.1, -0.05) is 23.7 Å². The first kappa shape index (κ1) is 16.5. The monoisotopic (exact) mass is 346 g/mol. The van der Waals surface area contributed by atoms with Gasteiger partial charge in [0, 0.05) is 31.5 Å². The van der Waals surface area contributed by atoms with Crippen molar-refractivity contribution in [1.29, 1.82) is 0 Å². The summed E-state index contributed by atoms with van der Waals surface area (Å²) in [5, 5.41) is 3.54. The average Bonchev–Trinajstić information content (AvgIpc) is 2.62. The maximum atomic E-state index is 11.1. The van der Waals surface area contributed by atoms with Crippen LogP contribution in [0, 0.1) is 0 Å². The quantitative estimate of drug-likeness (QED) is 0.868. The van der Waals surface area contributed by atoms with Crippen molar-refractivity contribution in [1.82, 2.24) is 4.98 Å². The van der Waals surface area contributed by atoms with Crippen LogP contribution in [0.4, 0.5) is 11.5 Å². The van der Waals surface area contributed by atoms with E-state index in [4.69, 9.17) is 22.1 Å². The number of amides is 1. The van der Waals surface area contributed by atoms with Crippen LogP contribution >= 0.6 is 11.6 Å². The van der Waals surface area contributed by atoms with E-state index in [1.165, 1.54) is 18.0 Å². The van der Waals surface area contributed by atoms with Crippen molar-refractivity contribution >= 4 is 29.0 Å². The van der Waals surface area contributed by atoms with Gasteiger partial charge < -0.3 is 20.7 Å². The lowest BCUT2D eigenvalue weighted by Crippen LogP contribution is -2.36. The standard InChI is InChI=1S/C17H19ClN4O2/c18-15-9-13(16(19)23)11-21-17(15)20-10-12-1-3-14(4-2-12)22-5-7-24-8-6-22/h1-4,9,11H,5-8,10H2,(H2,19,23)(H,20,21). The summed E-state index contributed by atoms with van der Waals surface area (Å²) in [7, 11) is 0. The molecule has 3 rings (SSSR count). The molecule has 0 aliphatic carbocycles. The molecular weight excluding hydrogens is 328 g/mol. The number of hydrogen-bond donors (Lipinski definition) is 2. The molecule has 1 fully saturated rings. The van der Waals surface area contributed by atoms with Crippen molar-refractivity contribution < 1.29 is 9.53 Å². The second-order valence-corrected chi connectivity index (χ2v) is 5.95. The molecule has 2 heterocycles. The predicted molar refractivity (Wildman–Crippen MR) is 94.6 cm³/mol. The molecule has 0 radical (unpaired) electrons. The molecule has 0 bridgehead atoms. The summed E-state index contributed by atoms with van der Waals surface area (Å²) >= 11 is 6.12. The number of benzene rings is 1. The van der Waals surface area contributed by atoms with E-state index >= 15 is 0 Å². The Kier molecular flexibility index (Phi) is 5.17. The summed E-state index contributed by atoms with van der Waals surface area (Å²) in [6.45, 7) is 3.97. The van der Waals surface area contributed by atoms with Crippen LogP contribution in [-0.2, 0) is 11.3 Å². The number of anilines is 2. The van der Waals surface area contributed by atoms with Gasteiger partial charge in [0.1, 0.15) is 5.82 Å². The minimum Gasteiger partial charge on any atom is -0.378 e. The molecule has 1 aromatic heterocycles. The number of nitrogens with zero attached hydrogens (tertiary/aromatic N) is 2. The summed E-state index contributed by atoms with van der Waals surface area (Å²) < 4.78 is 5.37. The highest BCUT2D eigenvalue weighted by Gasteiger charge is 2.11. The Labute approximate surface area is 145 Å². The second-order valence-electron chi connectivity index (χ2n) is 5.54. The number of hydrogen-bond acceptors (Lipinski definition) is 5. The van der Waals surface area contributed by atoms with Crippen LogP contribution in [0.15, 0.2) is 36.5 Å². The highest BCUT2D eigenvalue weighted by atomic mass is 35.5. The number of nitrogens with one attached hydrogen (secondary N) is 1. The maximum Gasteiger partial charge on any atom is 0.250 e. The molecule has 2 aromatic rings. The summed E-state index contributed by atoms with van der Waals surface area (Å²) in [5.74, 6) is -0.0198. The molecule has 1 aliphatic heterocycles. The topological polar surface area (TPSA) is 80.5 Å². The molecule has 3 N–H and O–H groups in total. The van der Waals surface area contributed by atoms with E-state index in [0.717, 1.165) is 31.9 Å². The van der Waals surface area contributed by atoms with Gasteiger partial charge in [-0.3, -0.25) is 4.79 Å². The molecule has 1 saturated heterocycles. The van der Waals surface area contributed by atoms with Gasteiger partial charge in [-0.2, -0.15) is 0 Å². The van der Waals surface area contributed by atoms with E-state index in [2.05, 4.69) is 39.5 Å². The zero-order chi connectivity index (χ0) is 16.9. The van der Waals surface area contributed by atoms with Gasteiger partial charge >= 0.3 is 0 Å². The number of ether oxygens (including phenoxy) is 1. The fourth-order valence-corrected chi connectivity index (χ4v) is 2.77. The normalized spacial score (nSPS) is 14.5. The zero-order valence-corrected chi connectivity index (χ0v) is 13.9. The Balaban J connectivity index is 1.61. The molecule has 7 heteroatoms. The molecule has 0 unspecified atom stereocenters. The maximum absolute atomic E-state index is 11.1. The molecule has 24 heavy (non-hydrogen) atoms. The Morgan fingerprint density at radius 1 is 1.29 bits per heavy atom. The molecule has 0 atom stereocenters. The minimum atomic E-state index is -0.547. The van der Waals surface area contributed by atoms with Gasteiger partial charge in [0.15, 0.2) is 0 Å². The number of carbonyl (C=O) groups is 1. The lowest BCUT2D eigenvalue weighted by molar-refractivity contribution is 0.1000. The zero-order valence-electron chi connectivity index (χ0n) is 13.2.